The molecule has 0 aliphatic carbocycles. The van der Waals surface area contributed by atoms with Crippen molar-refractivity contribution in [1.29, 1.82) is 0 Å². The molecule has 1 unspecified atom stereocenters. The van der Waals surface area contributed by atoms with Crippen molar-refractivity contribution in [2.24, 2.45) is 5.84 Å². The highest BCUT2D eigenvalue weighted by Crippen LogP contribution is 2.29. The van der Waals surface area contributed by atoms with E-state index in [2.05, 4.69) is 46.1 Å². The Labute approximate surface area is 116 Å². The van der Waals surface area contributed by atoms with E-state index in [1.807, 2.05) is 4.68 Å². The molecular formula is C11H19N7S. The Balaban J connectivity index is 2.38. The number of hydrogen-bond donors (Lipinski definition) is 2. The second-order valence-corrected chi connectivity index (χ2v) is 5.44. The zero-order valence-corrected chi connectivity index (χ0v) is 12.2. The van der Waals surface area contributed by atoms with Crippen molar-refractivity contribution < 1.29 is 0 Å². The summed E-state index contributed by atoms with van der Waals surface area (Å²) in [4.78, 5) is 1.03. The fraction of sp³-hybridized carbons (Fsp3) is 0.636. The number of hydrazine groups is 1. The normalized spacial score (nSPS) is 13.1. The summed E-state index contributed by atoms with van der Waals surface area (Å²) in [5.74, 6) is 6.03. The van der Waals surface area contributed by atoms with Gasteiger partial charge in [-0.1, -0.05) is 30.5 Å². The predicted molar refractivity (Wildman–Crippen MR) is 73.5 cm³/mol. The molecule has 0 saturated heterocycles. The van der Waals surface area contributed by atoms with Crippen LogP contribution in [0.15, 0.2) is 6.20 Å². The van der Waals surface area contributed by atoms with Crippen molar-refractivity contribution in [3.63, 3.8) is 0 Å². The Hall–Kier alpha value is -1.38. The van der Waals surface area contributed by atoms with E-state index in [4.69, 9.17) is 5.84 Å². The largest absolute Gasteiger partial charge is 0.270 e. The number of hydrogen-bond acceptors (Lipinski definition) is 7. The molecule has 0 spiro atoms. The van der Waals surface area contributed by atoms with Crippen LogP contribution in [0.1, 0.15) is 55.4 Å². The third kappa shape index (κ3) is 2.80. The van der Waals surface area contributed by atoms with Gasteiger partial charge < -0.3 is 0 Å². The molecule has 0 aliphatic heterocycles. The quantitative estimate of drug-likeness (QED) is 0.610. The van der Waals surface area contributed by atoms with Crippen LogP contribution in [0.4, 0.5) is 0 Å². The third-order valence-corrected chi connectivity index (χ3v) is 3.70. The number of rotatable bonds is 6. The Bertz CT molecular complexity index is 519. The number of aromatic nitrogens is 5. The van der Waals surface area contributed by atoms with Gasteiger partial charge in [0.15, 0.2) is 0 Å². The molecule has 8 heteroatoms. The average molecular weight is 281 g/mol. The maximum absolute atomic E-state index is 5.72. The Kier molecular flexibility index (Phi) is 4.56. The smallest absolute Gasteiger partial charge is 0.102 e. The van der Waals surface area contributed by atoms with E-state index in [1.165, 1.54) is 11.5 Å². The Morgan fingerprint density at radius 2 is 2.26 bits per heavy atom. The summed E-state index contributed by atoms with van der Waals surface area (Å²) in [5.41, 5.74) is 4.74. The van der Waals surface area contributed by atoms with Crippen LogP contribution in [0.3, 0.4) is 0 Å². The van der Waals surface area contributed by atoms with E-state index < -0.39 is 0 Å². The molecule has 0 fully saturated rings. The van der Waals surface area contributed by atoms with Crippen molar-refractivity contribution >= 4 is 11.5 Å². The molecule has 0 saturated carbocycles. The highest BCUT2D eigenvalue weighted by molar-refractivity contribution is 7.05. The fourth-order valence-electron chi connectivity index (χ4n) is 1.98. The average Bonchev–Trinajstić information content (AvgIpc) is 3.01. The molecule has 0 aromatic carbocycles. The minimum absolute atomic E-state index is 0.168. The van der Waals surface area contributed by atoms with Gasteiger partial charge in [-0.2, -0.15) is 0 Å². The molecule has 7 nitrogen and oxygen atoms in total. The van der Waals surface area contributed by atoms with Crippen LogP contribution in [0.5, 0.6) is 0 Å². The molecule has 2 aromatic heterocycles. The second kappa shape index (κ2) is 6.18. The highest BCUT2D eigenvalue weighted by Gasteiger charge is 2.25. The summed E-state index contributed by atoms with van der Waals surface area (Å²) in [7, 11) is 0. The van der Waals surface area contributed by atoms with Gasteiger partial charge in [0.2, 0.25) is 0 Å². The summed E-state index contributed by atoms with van der Waals surface area (Å²) in [6, 6.07) is -0.168. The fourth-order valence-corrected chi connectivity index (χ4v) is 2.86. The lowest BCUT2D eigenvalue weighted by Gasteiger charge is -2.16. The summed E-state index contributed by atoms with van der Waals surface area (Å²) in [6.07, 6.45) is 2.73. The Morgan fingerprint density at radius 3 is 2.89 bits per heavy atom. The van der Waals surface area contributed by atoms with Crippen LogP contribution >= 0.6 is 11.5 Å². The van der Waals surface area contributed by atoms with Crippen LogP contribution in [0.25, 0.3) is 0 Å². The topological polar surface area (TPSA) is 94.5 Å². The van der Waals surface area contributed by atoms with Gasteiger partial charge in [0.1, 0.15) is 6.04 Å². The molecular weight excluding hydrogens is 262 g/mol. The first kappa shape index (κ1) is 14.0. The SMILES string of the molecule is CCCn1nncc1C(NN)c1snnc1C(C)C. The molecule has 0 amide bonds. The van der Waals surface area contributed by atoms with Crippen LogP contribution in [0, 0.1) is 0 Å². The Morgan fingerprint density at radius 1 is 1.47 bits per heavy atom. The zero-order valence-electron chi connectivity index (χ0n) is 11.4. The van der Waals surface area contributed by atoms with Gasteiger partial charge in [0.25, 0.3) is 0 Å². The molecule has 104 valence electrons. The standard InChI is InChI=1S/C11H19N7S/c1-4-5-18-8(6-13-16-18)10(14-12)11-9(7(2)3)15-17-19-11/h6-7,10,14H,4-5,12H2,1-3H3. The van der Waals surface area contributed by atoms with E-state index in [-0.39, 0.29) is 6.04 Å². The molecule has 19 heavy (non-hydrogen) atoms. The van der Waals surface area contributed by atoms with Gasteiger partial charge in [0, 0.05) is 6.54 Å². The van der Waals surface area contributed by atoms with Gasteiger partial charge >= 0.3 is 0 Å². The van der Waals surface area contributed by atoms with Crippen molar-refractivity contribution in [3.05, 3.63) is 22.5 Å². The van der Waals surface area contributed by atoms with Crippen LogP contribution in [-0.2, 0) is 6.54 Å². The lowest BCUT2D eigenvalue weighted by molar-refractivity contribution is 0.512. The highest BCUT2D eigenvalue weighted by atomic mass is 32.1. The molecule has 2 aromatic rings. The molecule has 0 aliphatic rings. The van der Waals surface area contributed by atoms with Crippen LogP contribution in [0.2, 0.25) is 0 Å². The summed E-state index contributed by atoms with van der Waals surface area (Å²) < 4.78 is 5.91. The molecule has 0 bridgehead atoms. The zero-order chi connectivity index (χ0) is 13.8. The lowest BCUT2D eigenvalue weighted by Crippen LogP contribution is -2.31. The molecule has 2 rings (SSSR count). The van der Waals surface area contributed by atoms with E-state index in [1.54, 1.807) is 6.20 Å². The van der Waals surface area contributed by atoms with Crippen molar-refractivity contribution in [2.45, 2.75) is 45.7 Å². The van der Waals surface area contributed by atoms with Gasteiger partial charge in [-0.15, -0.1) is 10.2 Å². The lowest BCUT2D eigenvalue weighted by atomic mass is 10.0. The molecule has 2 heterocycles. The number of aryl methyl sites for hydroxylation is 1. The predicted octanol–water partition coefficient (Wildman–Crippen LogP) is 1.22. The number of nitrogens with zero attached hydrogens (tertiary/aromatic N) is 5. The van der Waals surface area contributed by atoms with Crippen molar-refractivity contribution in [3.8, 4) is 0 Å². The first-order valence-corrected chi connectivity index (χ1v) is 7.13. The molecule has 1 atom stereocenters. The molecule has 3 N–H and O–H groups in total. The van der Waals surface area contributed by atoms with Crippen molar-refractivity contribution in [1.82, 2.24) is 30.0 Å². The minimum Gasteiger partial charge on any atom is -0.270 e. The second-order valence-electron chi connectivity index (χ2n) is 4.66. The van der Waals surface area contributed by atoms with E-state index in [0.29, 0.717) is 5.92 Å². The van der Waals surface area contributed by atoms with Gasteiger partial charge in [-0.25, -0.2) is 10.1 Å². The van der Waals surface area contributed by atoms with Crippen LogP contribution < -0.4 is 11.3 Å². The summed E-state index contributed by atoms with van der Waals surface area (Å²) in [5, 5.41) is 12.3. The summed E-state index contributed by atoms with van der Waals surface area (Å²) >= 11 is 1.36. The number of nitrogens with one attached hydrogen (secondary N) is 1. The third-order valence-electron chi connectivity index (χ3n) is 2.89. The van der Waals surface area contributed by atoms with E-state index in [0.717, 1.165) is 29.2 Å². The first-order valence-electron chi connectivity index (χ1n) is 6.35. The minimum atomic E-state index is -0.168. The number of nitrogens with two attached hydrogens (primary N) is 1. The van der Waals surface area contributed by atoms with Crippen molar-refractivity contribution in [2.75, 3.05) is 0 Å². The van der Waals surface area contributed by atoms with Gasteiger partial charge in [-0.3, -0.25) is 5.84 Å². The first-order chi connectivity index (χ1) is 9.19. The maximum atomic E-state index is 5.72. The monoisotopic (exact) mass is 281 g/mol. The molecule has 0 radical (unpaired) electrons. The van der Waals surface area contributed by atoms with E-state index in [9.17, 15) is 0 Å². The van der Waals surface area contributed by atoms with Gasteiger partial charge in [-0.05, 0) is 23.9 Å². The van der Waals surface area contributed by atoms with E-state index >= 15 is 0 Å². The van der Waals surface area contributed by atoms with Crippen LogP contribution in [-0.4, -0.2) is 24.6 Å². The maximum Gasteiger partial charge on any atom is 0.102 e. The van der Waals surface area contributed by atoms with Gasteiger partial charge in [0.05, 0.1) is 22.5 Å². The summed E-state index contributed by atoms with van der Waals surface area (Å²) in [6.45, 7) is 7.10.